The normalized spacial score (nSPS) is 11.8. The standard InChI is InChI=1S/C14H20N4O2S2/c1-10(2)6-14-18-8-11(21-14)7-16-13-5-4-12(9-17-13)22(19,20)15-3/h4-5,8-10,15H,6-7H2,1-3H3,(H,16,17). The Morgan fingerprint density at radius 3 is 2.59 bits per heavy atom. The maximum atomic E-state index is 11.6. The van der Waals surface area contributed by atoms with E-state index in [1.165, 1.54) is 19.3 Å². The fraction of sp³-hybridized carbons (Fsp3) is 0.429. The van der Waals surface area contributed by atoms with Gasteiger partial charge in [-0.05, 0) is 25.1 Å². The molecule has 0 spiro atoms. The summed E-state index contributed by atoms with van der Waals surface area (Å²) in [7, 11) is -2.06. The molecule has 0 aromatic carbocycles. The molecule has 2 N–H and O–H groups in total. The summed E-state index contributed by atoms with van der Waals surface area (Å²) in [6.07, 6.45) is 4.19. The summed E-state index contributed by atoms with van der Waals surface area (Å²) in [5, 5.41) is 4.30. The van der Waals surface area contributed by atoms with Gasteiger partial charge in [0.2, 0.25) is 10.0 Å². The molecule has 0 bridgehead atoms. The third-order valence-electron chi connectivity index (χ3n) is 2.94. The maximum Gasteiger partial charge on any atom is 0.241 e. The van der Waals surface area contributed by atoms with Crippen molar-refractivity contribution in [2.24, 2.45) is 5.92 Å². The zero-order chi connectivity index (χ0) is 16.2. The quantitative estimate of drug-likeness (QED) is 0.808. The lowest BCUT2D eigenvalue weighted by Crippen LogP contribution is -2.18. The van der Waals surface area contributed by atoms with E-state index in [2.05, 4.69) is 33.9 Å². The summed E-state index contributed by atoms with van der Waals surface area (Å²) in [6, 6.07) is 3.18. The molecule has 2 heterocycles. The van der Waals surface area contributed by atoms with Gasteiger partial charge in [-0.1, -0.05) is 13.8 Å². The molecule has 2 rings (SSSR count). The van der Waals surface area contributed by atoms with Crippen molar-refractivity contribution in [2.75, 3.05) is 12.4 Å². The Hall–Kier alpha value is -1.51. The van der Waals surface area contributed by atoms with E-state index in [-0.39, 0.29) is 4.90 Å². The molecule has 0 aliphatic carbocycles. The van der Waals surface area contributed by atoms with Gasteiger partial charge in [0.25, 0.3) is 0 Å². The fourth-order valence-corrected chi connectivity index (χ4v) is 3.56. The molecule has 2 aromatic heterocycles. The van der Waals surface area contributed by atoms with Gasteiger partial charge < -0.3 is 5.32 Å². The SMILES string of the molecule is CNS(=O)(=O)c1ccc(NCc2cnc(CC(C)C)s2)nc1. The first-order valence-corrected chi connectivity index (χ1v) is 9.27. The Morgan fingerprint density at radius 1 is 1.23 bits per heavy atom. The van der Waals surface area contributed by atoms with Crippen molar-refractivity contribution in [1.29, 1.82) is 0 Å². The van der Waals surface area contributed by atoms with Gasteiger partial charge >= 0.3 is 0 Å². The molecule has 0 unspecified atom stereocenters. The van der Waals surface area contributed by atoms with E-state index in [4.69, 9.17) is 0 Å². The van der Waals surface area contributed by atoms with Crippen molar-refractivity contribution >= 4 is 27.2 Å². The number of anilines is 1. The van der Waals surface area contributed by atoms with Crippen molar-refractivity contribution in [1.82, 2.24) is 14.7 Å². The maximum absolute atomic E-state index is 11.6. The Kier molecular flexibility index (Phi) is 5.49. The van der Waals surface area contributed by atoms with Crippen LogP contribution >= 0.6 is 11.3 Å². The predicted molar refractivity (Wildman–Crippen MR) is 88.5 cm³/mol. The van der Waals surface area contributed by atoms with Gasteiger partial charge in [0.1, 0.15) is 10.7 Å². The van der Waals surface area contributed by atoms with Gasteiger partial charge in [-0.3, -0.25) is 0 Å². The van der Waals surface area contributed by atoms with Crippen LogP contribution in [0.2, 0.25) is 0 Å². The Labute approximate surface area is 135 Å². The van der Waals surface area contributed by atoms with Gasteiger partial charge in [0.15, 0.2) is 0 Å². The van der Waals surface area contributed by atoms with Gasteiger partial charge in [0.05, 0.1) is 11.6 Å². The van der Waals surface area contributed by atoms with Crippen LogP contribution in [-0.4, -0.2) is 25.4 Å². The molecule has 0 amide bonds. The molecule has 0 saturated carbocycles. The minimum absolute atomic E-state index is 0.151. The summed E-state index contributed by atoms with van der Waals surface area (Å²) >= 11 is 1.68. The highest BCUT2D eigenvalue weighted by molar-refractivity contribution is 7.89. The van der Waals surface area contributed by atoms with E-state index in [1.54, 1.807) is 17.4 Å². The molecule has 2 aromatic rings. The number of hydrogen-bond acceptors (Lipinski definition) is 6. The van der Waals surface area contributed by atoms with Crippen LogP contribution in [0.3, 0.4) is 0 Å². The molecule has 0 aliphatic heterocycles. The summed E-state index contributed by atoms with van der Waals surface area (Å²) in [5.74, 6) is 1.23. The molecule has 0 fully saturated rings. The molecule has 8 heteroatoms. The summed E-state index contributed by atoms with van der Waals surface area (Å²) in [5.41, 5.74) is 0. The third kappa shape index (κ3) is 4.49. The van der Waals surface area contributed by atoms with Gasteiger partial charge in [0, 0.05) is 23.7 Å². The molecule has 0 atom stereocenters. The second-order valence-electron chi connectivity index (χ2n) is 5.26. The van der Waals surface area contributed by atoms with E-state index in [0.717, 1.165) is 16.3 Å². The van der Waals surface area contributed by atoms with Crippen molar-refractivity contribution < 1.29 is 8.42 Å². The monoisotopic (exact) mass is 340 g/mol. The highest BCUT2D eigenvalue weighted by Crippen LogP contribution is 2.18. The minimum atomic E-state index is -3.44. The van der Waals surface area contributed by atoms with Crippen LogP contribution in [-0.2, 0) is 23.0 Å². The molecular weight excluding hydrogens is 320 g/mol. The van der Waals surface area contributed by atoms with E-state index in [1.807, 2.05) is 6.20 Å². The van der Waals surface area contributed by atoms with Crippen LogP contribution in [0.1, 0.15) is 23.7 Å². The first-order chi connectivity index (χ1) is 10.4. The fourth-order valence-electron chi connectivity index (χ4n) is 1.81. The van der Waals surface area contributed by atoms with Gasteiger partial charge in [-0.25, -0.2) is 23.1 Å². The lowest BCUT2D eigenvalue weighted by atomic mass is 10.1. The second-order valence-corrected chi connectivity index (χ2v) is 8.34. The molecule has 0 saturated heterocycles. The van der Waals surface area contributed by atoms with Gasteiger partial charge in [-0.2, -0.15) is 0 Å². The average molecular weight is 340 g/mol. The van der Waals surface area contributed by atoms with E-state index >= 15 is 0 Å². The summed E-state index contributed by atoms with van der Waals surface area (Å²) in [4.78, 5) is 9.79. The molecule has 22 heavy (non-hydrogen) atoms. The Morgan fingerprint density at radius 2 is 2.00 bits per heavy atom. The van der Waals surface area contributed by atoms with Crippen molar-refractivity contribution in [3.05, 3.63) is 34.4 Å². The van der Waals surface area contributed by atoms with Crippen LogP contribution in [0.25, 0.3) is 0 Å². The number of thiazole rings is 1. The highest BCUT2D eigenvalue weighted by atomic mass is 32.2. The Bertz CT molecular complexity index is 709. The van der Waals surface area contributed by atoms with Crippen LogP contribution in [0.5, 0.6) is 0 Å². The topological polar surface area (TPSA) is 84.0 Å². The van der Waals surface area contributed by atoms with E-state index in [0.29, 0.717) is 18.3 Å². The number of pyridine rings is 1. The zero-order valence-electron chi connectivity index (χ0n) is 12.8. The highest BCUT2D eigenvalue weighted by Gasteiger charge is 2.11. The lowest BCUT2D eigenvalue weighted by Gasteiger charge is -2.05. The van der Waals surface area contributed by atoms with Crippen LogP contribution < -0.4 is 10.0 Å². The van der Waals surface area contributed by atoms with Crippen LogP contribution in [0.15, 0.2) is 29.4 Å². The Balaban J connectivity index is 1.96. The van der Waals surface area contributed by atoms with Crippen LogP contribution in [0.4, 0.5) is 5.82 Å². The first kappa shape index (κ1) is 16.9. The summed E-state index contributed by atoms with van der Waals surface area (Å²) in [6.45, 7) is 4.97. The van der Waals surface area contributed by atoms with E-state index < -0.39 is 10.0 Å². The predicted octanol–water partition coefficient (Wildman–Crippen LogP) is 2.26. The van der Waals surface area contributed by atoms with Crippen molar-refractivity contribution in [3.63, 3.8) is 0 Å². The third-order valence-corrected chi connectivity index (χ3v) is 5.36. The number of rotatable bonds is 7. The number of nitrogens with zero attached hydrogens (tertiary/aromatic N) is 2. The summed E-state index contributed by atoms with van der Waals surface area (Å²) < 4.78 is 25.5. The van der Waals surface area contributed by atoms with Crippen LogP contribution in [0, 0.1) is 5.92 Å². The number of nitrogens with one attached hydrogen (secondary N) is 2. The number of sulfonamides is 1. The van der Waals surface area contributed by atoms with Crippen molar-refractivity contribution in [3.8, 4) is 0 Å². The molecule has 0 radical (unpaired) electrons. The average Bonchev–Trinajstić information content (AvgIpc) is 2.92. The lowest BCUT2D eigenvalue weighted by molar-refractivity contribution is 0.588. The number of aromatic nitrogens is 2. The molecule has 6 nitrogen and oxygen atoms in total. The molecule has 0 aliphatic rings. The largest absolute Gasteiger partial charge is 0.365 e. The molecular formula is C14H20N4O2S2. The smallest absolute Gasteiger partial charge is 0.241 e. The second kappa shape index (κ2) is 7.17. The van der Waals surface area contributed by atoms with E-state index in [9.17, 15) is 8.42 Å². The van der Waals surface area contributed by atoms with Crippen molar-refractivity contribution in [2.45, 2.75) is 31.7 Å². The first-order valence-electron chi connectivity index (χ1n) is 6.98. The zero-order valence-corrected chi connectivity index (χ0v) is 14.5. The molecule has 120 valence electrons. The minimum Gasteiger partial charge on any atom is -0.365 e. The van der Waals surface area contributed by atoms with Gasteiger partial charge in [-0.15, -0.1) is 11.3 Å². The number of hydrogen-bond donors (Lipinski definition) is 2.